The third-order valence-electron chi connectivity index (χ3n) is 2.57. The van der Waals surface area contributed by atoms with E-state index in [1.165, 1.54) is 0 Å². The second-order valence-electron chi connectivity index (χ2n) is 3.96. The van der Waals surface area contributed by atoms with Crippen LogP contribution in [-0.2, 0) is 9.68 Å². The van der Waals surface area contributed by atoms with Gasteiger partial charge in [-0.2, -0.15) is 0 Å². The van der Waals surface area contributed by atoms with Crippen LogP contribution in [0.2, 0.25) is 0 Å². The lowest BCUT2D eigenvalue weighted by atomic mass is 10.0. The Morgan fingerprint density at radius 2 is 2.17 bits per heavy atom. The molecule has 0 spiro atoms. The Balaban J connectivity index is 2.00. The molecule has 0 aromatic heterocycles. The summed E-state index contributed by atoms with van der Waals surface area (Å²) < 4.78 is 0. The fraction of sp³-hybridized carbons (Fsp3) is 0.778. The minimum atomic E-state index is -0.191. The van der Waals surface area contributed by atoms with Crippen molar-refractivity contribution in [1.82, 2.24) is 5.23 Å². The molecular weight excluding hydrogens is 154 g/mol. The van der Waals surface area contributed by atoms with Gasteiger partial charge in [0.25, 0.3) is 0 Å². The van der Waals surface area contributed by atoms with Gasteiger partial charge in [-0.05, 0) is 27.2 Å². The number of nitrogens with zero attached hydrogens (tertiary/aromatic N) is 1. The molecule has 0 aromatic rings. The van der Waals surface area contributed by atoms with Gasteiger partial charge >= 0.3 is 0 Å². The zero-order chi connectivity index (χ0) is 8.77. The SMILES string of the molecule is CC1ON(C2C=CC2)OC1(C)C. The van der Waals surface area contributed by atoms with Gasteiger partial charge in [0.2, 0.25) is 0 Å². The van der Waals surface area contributed by atoms with Crippen molar-refractivity contribution in [2.45, 2.75) is 44.9 Å². The molecule has 1 heterocycles. The largest absolute Gasteiger partial charge is 0.267 e. The summed E-state index contributed by atoms with van der Waals surface area (Å²) in [4.78, 5) is 11.2. The van der Waals surface area contributed by atoms with Crippen molar-refractivity contribution >= 4 is 0 Å². The van der Waals surface area contributed by atoms with Crippen LogP contribution in [0.5, 0.6) is 0 Å². The highest BCUT2D eigenvalue weighted by atomic mass is 17.0. The molecule has 2 rings (SSSR count). The molecule has 0 N–H and O–H groups in total. The first-order valence-electron chi connectivity index (χ1n) is 4.41. The van der Waals surface area contributed by atoms with E-state index < -0.39 is 0 Å². The number of hydroxylamine groups is 2. The molecule has 12 heavy (non-hydrogen) atoms. The van der Waals surface area contributed by atoms with E-state index in [0.29, 0.717) is 6.04 Å². The predicted molar refractivity (Wildman–Crippen MR) is 45.1 cm³/mol. The maximum absolute atomic E-state index is 5.62. The topological polar surface area (TPSA) is 21.7 Å². The van der Waals surface area contributed by atoms with Crippen molar-refractivity contribution in [1.29, 1.82) is 0 Å². The van der Waals surface area contributed by atoms with Crippen molar-refractivity contribution in [3.05, 3.63) is 12.2 Å². The van der Waals surface area contributed by atoms with Gasteiger partial charge in [-0.25, -0.2) is 0 Å². The summed E-state index contributed by atoms with van der Waals surface area (Å²) in [5.41, 5.74) is -0.191. The van der Waals surface area contributed by atoms with E-state index in [9.17, 15) is 0 Å². The molecule has 0 radical (unpaired) electrons. The first kappa shape index (κ1) is 8.23. The fourth-order valence-corrected chi connectivity index (χ4v) is 1.17. The van der Waals surface area contributed by atoms with Crippen molar-refractivity contribution in [2.24, 2.45) is 0 Å². The number of hydrogen-bond acceptors (Lipinski definition) is 3. The van der Waals surface area contributed by atoms with Crippen LogP contribution < -0.4 is 0 Å². The van der Waals surface area contributed by atoms with E-state index >= 15 is 0 Å². The molecule has 2 aliphatic rings. The minimum absolute atomic E-state index is 0.131. The fourth-order valence-electron chi connectivity index (χ4n) is 1.17. The molecule has 1 aliphatic carbocycles. The Bertz CT molecular complexity index is 213. The van der Waals surface area contributed by atoms with Gasteiger partial charge in [0.05, 0.1) is 6.04 Å². The van der Waals surface area contributed by atoms with Crippen LogP contribution in [0.25, 0.3) is 0 Å². The quantitative estimate of drug-likeness (QED) is 0.557. The Hall–Kier alpha value is -0.380. The van der Waals surface area contributed by atoms with Gasteiger partial charge in [-0.3, -0.25) is 9.68 Å². The van der Waals surface area contributed by atoms with Crippen LogP contribution in [0.1, 0.15) is 27.2 Å². The lowest BCUT2D eigenvalue weighted by molar-refractivity contribution is -0.338. The third-order valence-corrected chi connectivity index (χ3v) is 2.57. The smallest absolute Gasteiger partial charge is 0.115 e. The van der Waals surface area contributed by atoms with Crippen LogP contribution in [0, 0.1) is 0 Å². The Morgan fingerprint density at radius 3 is 2.50 bits per heavy atom. The molecule has 1 saturated heterocycles. The van der Waals surface area contributed by atoms with Crippen molar-refractivity contribution in [3.8, 4) is 0 Å². The summed E-state index contributed by atoms with van der Waals surface area (Å²) in [7, 11) is 0. The predicted octanol–water partition coefficient (Wildman–Crippen LogP) is 1.66. The van der Waals surface area contributed by atoms with Gasteiger partial charge in [0, 0.05) is 0 Å². The highest BCUT2D eigenvalue weighted by Crippen LogP contribution is 2.32. The van der Waals surface area contributed by atoms with Gasteiger partial charge in [-0.15, -0.1) is 0 Å². The molecule has 2 atom stereocenters. The van der Waals surface area contributed by atoms with Crippen LogP contribution in [0.15, 0.2) is 12.2 Å². The summed E-state index contributed by atoms with van der Waals surface area (Å²) in [5.74, 6) is 0. The van der Waals surface area contributed by atoms with Crippen LogP contribution in [0.3, 0.4) is 0 Å². The van der Waals surface area contributed by atoms with Crippen LogP contribution >= 0.6 is 0 Å². The molecule has 3 heteroatoms. The van der Waals surface area contributed by atoms with E-state index in [-0.39, 0.29) is 11.7 Å². The molecule has 0 aromatic carbocycles. The molecule has 68 valence electrons. The maximum Gasteiger partial charge on any atom is 0.115 e. The normalized spacial score (nSPS) is 39.9. The minimum Gasteiger partial charge on any atom is -0.267 e. The zero-order valence-electron chi connectivity index (χ0n) is 7.78. The lowest BCUT2D eigenvalue weighted by Gasteiger charge is -2.26. The van der Waals surface area contributed by atoms with E-state index in [1.54, 1.807) is 5.23 Å². The van der Waals surface area contributed by atoms with Crippen LogP contribution in [-0.4, -0.2) is 23.0 Å². The van der Waals surface area contributed by atoms with Gasteiger partial charge < -0.3 is 0 Å². The summed E-state index contributed by atoms with van der Waals surface area (Å²) in [6.07, 6.45) is 5.37. The Morgan fingerprint density at radius 1 is 1.50 bits per heavy atom. The molecule has 0 saturated carbocycles. The molecule has 1 aliphatic heterocycles. The van der Waals surface area contributed by atoms with Gasteiger partial charge in [-0.1, -0.05) is 17.4 Å². The van der Waals surface area contributed by atoms with Crippen molar-refractivity contribution in [2.75, 3.05) is 0 Å². The molecule has 1 fully saturated rings. The molecule has 3 nitrogen and oxygen atoms in total. The number of rotatable bonds is 1. The second kappa shape index (κ2) is 2.55. The first-order valence-corrected chi connectivity index (χ1v) is 4.41. The average molecular weight is 169 g/mol. The molecule has 2 unspecified atom stereocenters. The molecular formula is C9H15NO2. The van der Waals surface area contributed by atoms with Crippen LogP contribution in [0.4, 0.5) is 0 Å². The van der Waals surface area contributed by atoms with Gasteiger partial charge in [0.1, 0.15) is 11.7 Å². The Labute approximate surface area is 72.9 Å². The van der Waals surface area contributed by atoms with E-state index in [1.807, 2.05) is 20.8 Å². The van der Waals surface area contributed by atoms with E-state index in [2.05, 4.69) is 12.2 Å². The summed E-state index contributed by atoms with van der Waals surface area (Å²) in [6.45, 7) is 6.11. The third kappa shape index (κ3) is 1.18. The summed E-state index contributed by atoms with van der Waals surface area (Å²) >= 11 is 0. The second-order valence-corrected chi connectivity index (χ2v) is 3.96. The van der Waals surface area contributed by atoms with Crippen molar-refractivity contribution < 1.29 is 9.68 Å². The summed E-state index contributed by atoms with van der Waals surface area (Å²) in [5, 5.41) is 1.63. The highest BCUT2D eigenvalue weighted by molar-refractivity contribution is 5.06. The first-order chi connectivity index (χ1) is 5.59. The highest BCUT2D eigenvalue weighted by Gasteiger charge is 2.42. The number of hydrogen-bond donors (Lipinski definition) is 0. The standard InChI is InChI=1S/C9H15NO2/c1-7-9(2,3)12-10(11-7)8-5-4-6-8/h4-5,7-8H,6H2,1-3H3. The average Bonchev–Trinajstić information content (AvgIpc) is 2.02. The zero-order valence-corrected chi connectivity index (χ0v) is 7.78. The van der Waals surface area contributed by atoms with Gasteiger partial charge in [0.15, 0.2) is 0 Å². The van der Waals surface area contributed by atoms with E-state index in [0.717, 1.165) is 6.42 Å². The summed E-state index contributed by atoms with van der Waals surface area (Å²) in [6, 6.07) is 0.328. The molecule has 0 bridgehead atoms. The Kier molecular flexibility index (Phi) is 1.75. The van der Waals surface area contributed by atoms with E-state index in [4.69, 9.17) is 9.68 Å². The maximum atomic E-state index is 5.62. The van der Waals surface area contributed by atoms with Crippen molar-refractivity contribution in [3.63, 3.8) is 0 Å². The lowest BCUT2D eigenvalue weighted by Crippen LogP contribution is -2.34. The monoisotopic (exact) mass is 169 g/mol. The molecule has 0 amide bonds.